The fourth-order valence-electron chi connectivity index (χ4n) is 8.28. The lowest BCUT2D eigenvalue weighted by atomic mass is 9.76. The maximum absolute atomic E-state index is 6.96. The molecule has 0 aromatic heterocycles. The fourth-order valence-corrected chi connectivity index (χ4v) is 12.0. The molecule has 0 bridgehead atoms. The summed E-state index contributed by atoms with van der Waals surface area (Å²) in [6.07, 6.45) is 0. The van der Waals surface area contributed by atoms with Crippen LogP contribution in [0.25, 0.3) is 44.5 Å². The first-order valence-electron chi connectivity index (χ1n) is 16.9. The van der Waals surface area contributed by atoms with Gasteiger partial charge in [-0.25, -0.2) is 0 Å². The zero-order chi connectivity index (χ0) is 32.5. The molecule has 7 aromatic rings. The van der Waals surface area contributed by atoms with Gasteiger partial charge in [0, 0.05) is 16.5 Å². The highest BCUT2D eigenvalue weighted by Gasteiger charge is 2.42. The van der Waals surface area contributed by atoms with Gasteiger partial charge < -0.3 is 4.74 Å². The van der Waals surface area contributed by atoms with Crippen LogP contribution in [0.15, 0.2) is 164 Å². The van der Waals surface area contributed by atoms with E-state index in [2.05, 4.69) is 184 Å². The van der Waals surface area contributed by atoms with E-state index in [1.54, 1.807) is 0 Å². The van der Waals surface area contributed by atoms with Gasteiger partial charge in [0.05, 0.1) is 0 Å². The molecule has 0 spiro atoms. The van der Waals surface area contributed by atoms with Crippen molar-refractivity contribution in [3.8, 4) is 56.0 Å². The second kappa shape index (κ2) is 10.8. The minimum Gasteiger partial charge on any atom is -0.457 e. The van der Waals surface area contributed by atoms with Gasteiger partial charge in [0.2, 0.25) is 0 Å². The van der Waals surface area contributed by atoms with Crippen LogP contribution in [0.3, 0.4) is 0 Å². The van der Waals surface area contributed by atoms with Gasteiger partial charge in [-0.2, -0.15) is 0 Å². The van der Waals surface area contributed by atoms with Gasteiger partial charge in [0.25, 0.3) is 0 Å². The highest BCUT2D eigenvalue weighted by atomic mass is 28.3. The van der Waals surface area contributed by atoms with Gasteiger partial charge in [-0.05, 0) is 66.1 Å². The van der Waals surface area contributed by atoms with Crippen molar-refractivity contribution in [1.82, 2.24) is 0 Å². The summed E-state index contributed by atoms with van der Waals surface area (Å²) in [4.78, 5) is 0. The molecule has 2 aliphatic rings. The fraction of sp³-hybridized carbons (Fsp3) is 0.0870. The number of benzene rings is 7. The molecule has 0 saturated carbocycles. The molecule has 1 atom stereocenters. The molecule has 0 N–H and O–H groups in total. The molecule has 0 saturated heterocycles. The van der Waals surface area contributed by atoms with Gasteiger partial charge in [-0.3, -0.25) is 0 Å². The lowest BCUT2D eigenvalue weighted by Crippen LogP contribution is -2.65. The smallest absolute Gasteiger partial charge is 0.150 e. The van der Waals surface area contributed by atoms with E-state index in [1.165, 1.54) is 71.2 Å². The summed E-state index contributed by atoms with van der Waals surface area (Å²) in [7, 11) is -2.64. The predicted molar refractivity (Wildman–Crippen MR) is 204 cm³/mol. The molecular weight excluding hydrogens is 597 g/mol. The van der Waals surface area contributed by atoms with E-state index < -0.39 is 8.07 Å². The van der Waals surface area contributed by atoms with Gasteiger partial charge in [-0.1, -0.05) is 178 Å². The number of rotatable bonds is 3. The summed E-state index contributed by atoms with van der Waals surface area (Å²) in [5, 5.41) is 4.03. The Bertz CT molecular complexity index is 2360. The van der Waals surface area contributed by atoms with Crippen LogP contribution in [-0.4, -0.2) is 8.07 Å². The Morgan fingerprint density at radius 3 is 1.50 bits per heavy atom. The first-order chi connectivity index (χ1) is 23.5. The quantitative estimate of drug-likeness (QED) is 0.139. The van der Waals surface area contributed by atoms with Crippen LogP contribution in [0.4, 0.5) is 0 Å². The summed E-state index contributed by atoms with van der Waals surface area (Å²) in [6, 6.07) is 60.5. The Morgan fingerprint density at radius 1 is 0.417 bits per heavy atom. The topological polar surface area (TPSA) is 9.23 Å². The van der Waals surface area contributed by atoms with Crippen LogP contribution in [0.2, 0.25) is 6.55 Å². The van der Waals surface area contributed by atoms with Crippen molar-refractivity contribution in [2.45, 2.75) is 25.8 Å². The molecule has 1 aliphatic carbocycles. The maximum Gasteiger partial charge on any atom is 0.150 e. The number of hydrogen-bond donors (Lipinski definition) is 0. The molecule has 2 heteroatoms. The number of fused-ring (bicyclic) bond motifs is 10. The highest BCUT2D eigenvalue weighted by Crippen LogP contribution is 2.49. The molecule has 48 heavy (non-hydrogen) atoms. The summed E-state index contributed by atoms with van der Waals surface area (Å²) < 4.78 is 6.96. The summed E-state index contributed by atoms with van der Waals surface area (Å²) in [5.74, 6) is 1.97. The van der Waals surface area contributed by atoms with Gasteiger partial charge in [-0.15, -0.1) is 0 Å². The minimum atomic E-state index is -2.64. The van der Waals surface area contributed by atoms with E-state index in [1.807, 2.05) is 0 Å². The summed E-state index contributed by atoms with van der Waals surface area (Å²) >= 11 is 0. The number of hydrogen-bond acceptors (Lipinski definition) is 1. The Balaban J connectivity index is 1.34. The van der Waals surface area contributed by atoms with E-state index in [4.69, 9.17) is 4.74 Å². The van der Waals surface area contributed by atoms with Crippen molar-refractivity contribution in [3.05, 3.63) is 175 Å². The average Bonchev–Trinajstić information content (AvgIpc) is 3.14. The van der Waals surface area contributed by atoms with Crippen molar-refractivity contribution in [1.29, 1.82) is 0 Å². The third-order valence-corrected chi connectivity index (χ3v) is 15.3. The molecule has 0 radical (unpaired) electrons. The molecule has 1 nitrogen and oxygen atoms in total. The Morgan fingerprint density at radius 2 is 0.896 bits per heavy atom. The standard InChI is InChI=1S/C46H36OSi/c1-46(2)41-24-13-14-26-43(41)47-45-42(46)25-15-27-44(45)48(3,31-16-5-4-6-17-31)32-28-29-39-37-22-10-9-20-35(37)33-18-7-8-19-34(33)36-21-11-12-23-38(36)40(39)30-32/h4-30H,1-3H3. The lowest BCUT2D eigenvalue weighted by Gasteiger charge is -2.39. The van der Waals surface area contributed by atoms with E-state index in [9.17, 15) is 0 Å². The second-order valence-corrected chi connectivity index (χ2v) is 17.7. The average molecular weight is 633 g/mol. The molecule has 230 valence electrons. The molecule has 7 aromatic carbocycles. The van der Waals surface area contributed by atoms with Crippen LogP contribution in [0.1, 0.15) is 25.0 Å². The van der Waals surface area contributed by atoms with E-state index >= 15 is 0 Å². The predicted octanol–water partition coefficient (Wildman–Crippen LogP) is 10.2. The van der Waals surface area contributed by atoms with Crippen molar-refractivity contribution in [3.63, 3.8) is 0 Å². The van der Waals surface area contributed by atoms with Crippen LogP contribution in [0.5, 0.6) is 11.5 Å². The first-order valence-corrected chi connectivity index (χ1v) is 19.4. The van der Waals surface area contributed by atoms with Crippen LogP contribution < -0.4 is 20.3 Å². The van der Waals surface area contributed by atoms with Crippen molar-refractivity contribution >= 4 is 23.6 Å². The largest absolute Gasteiger partial charge is 0.457 e. The highest BCUT2D eigenvalue weighted by molar-refractivity contribution is 7.11. The normalized spacial score (nSPS) is 14.6. The van der Waals surface area contributed by atoms with Crippen molar-refractivity contribution in [2.24, 2.45) is 0 Å². The molecular formula is C46H36OSi. The number of para-hydroxylation sites is 2. The molecule has 1 aliphatic heterocycles. The van der Waals surface area contributed by atoms with Crippen LogP contribution in [0, 0.1) is 0 Å². The number of ether oxygens (including phenoxy) is 1. The molecule has 1 heterocycles. The van der Waals surface area contributed by atoms with Gasteiger partial charge >= 0.3 is 0 Å². The molecule has 0 amide bonds. The minimum absolute atomic E-state index is 0.186. The SMILES string of the molecule is CC1(C)c2ccccc2Oc2c1cccc2[Si](C)(c1ccccc1)c1ccc2c(c1)-c1ccccc1-c1ccccc1-c1ccccc1-2. The van der Waals surface area contributed by atoms with Gasteiger partial charge in [0.1, 0.15) is 19.6 Å². The maximum atomic E-state index is 6.96. The zero-order valence-electron chi connectivity index (χ0n) is 27.5. The summed E-state index contributed by atoms with van der Waals surface area (Å²) in [5.41, 5.74) is 12.4. The Labute approximate surface area is 284 Å². The molecule has 0 fully saturated rings. The van der Waals surface area contributed by atoms with E-state index in [0.29, 0.717) is 0 Å². The second-order valence-electron chi connectivity index (χ2n) is 13.8. The van der Waals surface area contributed by atoms with Crippen LogP contribution in [-0.2, 0) is 5.41 Å². The molecule has 1 unspecified atom stereocenters. The third kappa shape index (κ3) is 4.16. The van der Waals surface area contributed by atoms with E-state index in [-0.39, 0.29) is 5.41 Å². The lowest BCUT2D eigenvalue weighted by molar-refractivity contribution is 0.421. The zero-order valence-corrected chi connectivity index (χ0v) is 28.5. The Kier molecular flexibility index (Phi) is 6.47. The van der Waals surface area contributed by atoms with Crippen molar-refractivity contribution < 1.29 is 4.74 Å². The Hall–Kier alpha value is -5.44. The molecule has 9 rings (SSSR count). The van der Waals surface area contributed by atoms with Crippen LogP contribution >= 0.6 is 0 Å². The van der Waals surface area contributed by atoms with Crippen molar-refractivity contribution in [2.75, 3.05) is 0 Å². The third-order valence-electron chi connectivity index (χ3n) is 10.9. The van der Waals surface area contributed by atoms with Gasteiger partial charge in [0.15, 0.2) is 0 Å². The summed E-state index contributed by atoms with van der Waals surface area (Å²) in [6.45, 7) is 7.17. The monoisotopic (exact) mass is 632 g/mol. The van der Waals surface area contributed by atoms with E-state index in [0.717, 1.165) is 11.5 Å². The first kappa shape index (κ1) is 28.8.